The number of nitrogens with zero attached hydrogens (tertiary/aromatic N) is 2. The van der Waals surface area contributed by atoms with Crippen molar-refractivity contribution in [1.82, 2.24) is 9.88 Å². The van der Waals surface area contributed by atoms with Crippen molar-refractivity contribution in [3.05, 3.63) is 23.9 Å². The predicted octanol–water partition coefficient (Wildman–Crippen LogP) is 2.04. The molecule has 1 aromatic heterocycles. The summed E-state index contributed by atoms with van der Waals surface area (Å²) in [7, 11) is 1.66. The molecule has 0 bridgehead atoms. The Hall–Kier alpha value is -1.13. The van der Waals surface area contributed by atoms with Gasteiger partial charge in [-0.05, 0) is 26.0 Å². The van der Waals surface area contributed by atoms with Gasteiger partial charge in [0.2, 0.25) is 5.88 Å². The van der Waals surface area contributed by atoms with E-state index in [4.69, 9.17) is 10.5 Å². The smallest absolute Gasteiger partial charge is 0.217 e. The predicted molar refractivity (Wildman–Crippen MR) is 74.6 cm³/mol. The zero-order chi connectivity index (χ0) is 13.6. The highest BCUT2D eigenvalue weighted by Crippen LogP contribution is 2.23. The standard InChI is InChI=1S/C14H25N3O/c1-5-14(3,11-15)17(6-2)10-12-8-7-9-16-13(12)18-4/h7-9H,5-6,10-11,15H2,1-4H3. The van der Waals surface area contributed by atoms with Gasteiger partial charge in [-0.15, -0.1) is 0 Å². The molecule has 0 aliphatic rings. The van der Waals surface area contributed by atoms with Crippen LogP contribution in [-0.2, 0) is 6.54 Å². The van der Waals surface area contributed by atoms with Gasteiger partial charge in [0.25, 0.3) is 0 Å². The third kappa shape index (κ3) is 3.21. The van der Waals surface area contributed by atoms with Gasteiger partial charge in [0.15, 0.2) is 0 Å². The molecule has 2 N–H and O–H groups in total. The molecule has 4 nitrogen and oxygen atoms in total. The summed E-state index contributed by atoms with van der Waals surface area (Å²) < 4.78 is 5.30. The second kappa shape index (κ2) is 6.71. The van der Waals surface area contributed by atoms with Gasteiger partial charge >= 0.3 is 0 Å². The van der Waals surface area contributed by atoms with Crippen LogP contribution in [0.5, 0.6) is 5.88 Å². The lowest BCUT2D eigenvalue weighted by molar-refractivity contribution is 0.103. The zero-order valence-electron chi connectivity index (χ0n) is 11.9. The molecule has 1 unspecified atom stereocenters. The quantitative estimate of drug-likeness (QED) is 0.805. The van der Waals surface area contributed by atoms with Gasteiger partial charge in [-0.3, -0.25) is 4.90 Å². The summed E-state index contributed by atoms with van der Waals surface area (Å²) >= 11 is 0. The van der Waals surface area contributed by atoms with E-state index in [1.165, 1.54) is 0 Å². The molecule has 1 rings (SSSR count). The van der Waals surface area contributed by atoms with Gasteiger partial charge in [0.1, 0.15) is 0 Å². The van der Waals surface area contributed by atoms with Crippen LogP contribution in [0.3, 0.4) is 0 Å². The highest BCUT2D eigenvalue weighted by Gasteiger charge is 2.28. The molecular formula is C14H25N3O. The second-order valence-corrected chi connectivity index (χ2v) is 4.74. The molecule has 0 aliphatic carbocycles. The summed E-state index contributed by atoms with van der Waals surface area (Å²) in [5.74, 6) is 0.700. The van der Waals surface area contributed by atoms with Crippen LogP contribution in [-0.4, -0.2) is 35.6 Å². The third-order valence-corrected chi connectivity index (χ3v) is 3.75. The number of likely N-dealkylation sites (N-methyl/N-ethyl adjacent to an activating group) is 1. The Kier molecular flexibility index (Phi) is 5.56. The van der Waals surface area contributed by atoms with E-state index in [1.807, 2.05) is 6.07 Å². The van der Waals surface area contributed by atoms with Crippen molar-refractivity contribution in [2.45, 2.75) is 39.3 Å². The number of hydrogen-bond acceptors (Lipinski definition) is 4. The largest absolute Gasteiger partial charge is 0.481 e. The Bertz CT molecular complexity index is 364. The van der Waals surface area contributed by atoms with E-state index < -0.39 is 0 Å². The van der Waals surface area contributed by atoms with Crippen LogP contribution in [0.4, 0.5) is 0 Å². The number of ether oxygens (including phenoxy) is 1. The van der Waals surface area contributed by atoms with E-state index in [0.29, 0.717) is 12.4 Å². The molecule has 102 valence electrons. The molecule has 18 heavy (non-hydrogen) atoms. The Morgan fingerprint density at radius 1 is 1.44 bits per heavy atom. The van der Waals surface area contributed by atoms with Crippen molar-refractivity contribution in [1.29, 1.82) is 0 Å². The van der Waals surface area contributed by atoms with E-state index in [0.717, 1.165) is 25.1 Å². The van der Waals surface area contributed by atoms with Crippen LogP contribution in [0.25, 0.3) is 0 Å². The first-order valence-electron chi connectivity index (χ1n) is 6.54. The van der Waals surface area contributed by atoms with E-state index in [1.54, 1.807) is 13.3 Å². The van der Waals surface area contributed by atoms with Crippen molar-refractivity contribution >= 4 is 0 Å². The summed E-state index contributed by atoms with van der Waals surface area (Å²) in [6.07, 6.45) is 2.78. The van der Waals surface area contributed by atoms with Gasteiger partial charge in [0.05, 0.1) is 7.11 Å². The highest BCUT2D eigenvalue weighted by molar-refractivity contribution is 5.25. The number of hydrogen-bond donors (Lipinski definition) is 1. The molecule has 0 saturated carbocycles. The van der Waals surface area contributed by atoms with E-state index in [-0.39, 0.29) is 5.54 Å². The summed E-state index contributed by atoms with van der Waals surface area (Å²) in [6, 6.07) is 4.00. The van der Waals surface area contributed by atoms with Crippen molar-refractivity contribution < 1.29 is 4.74 Å². The Labute approximate surface area is 110 Å². The molecule has 4 heteroatoms. The molecule has 0 aromatic carbocycles. The van der Waals surface area contributed by atoms with Crippen LogP contribution in [0.2, 0.25) is 0 Å². The highest BCUT2D eigenvalue weighted by atomic mass is 16.5. The monoisotopic (exact) mass is 251 g/mol. The minimum Gasteiger partial charge on any atom is -0.481 e. The van der Waals surface area contributed by atoms with Crippen LogP contribution in [0, 0.1) is 0 Å². The fourth-order valence-corrected chi connectivity index (χ4v) is 2.12. The average molecular weight is 251 g/mol. The molecule has 0 radical (unpaired) electrons. The minimum absolute atomic E-state index is 0.0234. The Balaban J connectivity index is 2.92. The topological polar surface area (TPSA) is 51.4 Å². The first kappa shape index (κ1) is 14.9. The molecule has 1 atom stereocenters. The lowest BCUT2D eigenvalue weighted by atomic mass is 9.96. The molecule has 0 spiro atoms. The normalized spacial score (nSPS) is 14.6. The summed E-state index contributed by atoms with van der Waals surface area (Å²) in [4.78, 5) is 6.62. The van der Waals surface area contributed by atoms with Gasteiger partial charge in [0, 0.05) is 30.4 Å². The molecule has 0 aliphatic heterocycles. The van der Waals surface area contributed by atoms with Crippen LogP contribution >= 0.6 is 0 Å². The van der Waals surface area contributed by atoms with Crippen LogP contribution in [0.15, 0.2) is 18.3 Å². The van der Waals surface area contributed by atoms with E-state index >= 15 is 0 Å². The van der Waals surface area contributed by atoms with Crippen molar-refractivity contribution in [2.24, 2.45) is 5.73 Å². The lowest BCUT2D eigenvalue weighted by Gasteiger charge is -2.39. The van der Waals surface area contributed by atoms with Gasteiger partial charge < -0.3 is 10.5 Å². The number of aromatic nitrogens is 1. The fourth-order valence-electron chi connectivity index (χ4n) is 2.12. The Morgan fingerprint density at radius 3 is 2.67 bits per heavy atom. The third-order valence-electron chi connectivity index (χ3n) is 3.75. The molecule has 1 aromatic rings. The SMILES string of the molecule is CCN(Cc1cccnc1OC)C(C)(CC)CN. The zero-order valence-corrected chi connectivity index (χ0v) is 11.9. The van der Waals surface area contributed by atoms with Crippen molar-refractivity contribution in [3.8, 4) is 5.88 Å². The van der Waals surface area contributed by atoms with Gasteiger partial charge in [-0.25, -0.2) is 4.98 Å². The first-order valence-corrected chi connectivity index (χ1v) is 6.54. The maximum atomic E-state index is 5.93. The van der Waals surface area contributed by atoms with Crippen LogP contribution < -0.4 is 10.5 Å². The first-order chi connectivity index (χ1) is 8.61. The Morgan fingerprint density at radius 2 is 2.17 bits per heavy atom. The number of pyridine rings is 1. The molecule has 0 amide bonds. The maximum absolute atomic E-state index is 5.93. The number of nitrogens with two attached hydrogens (primary N) is 1. The number of rotatable bonds is 7. The average Bonchev–Trinajstić information content (AvgIpc) is 2.44. The van der Waals surface area contributed by atoms with Crippen LogP contribution in [0.1, 0.15) is 32.8 Å². The summed E-state index contributed by atoms with van der Waals surface area (Å²) in [6.45, 7) is 8.97. The van der Waals surface area contributed by atoms with Crippen molar-refractivity contribution in [2.75, 3.05) is 20.2 Å². The van der Waals surface area contributed by atoms with E-state index in [9.17, 15) is 0 Å². The summed E-state index contributed by atoms with van der Waals surface area (Å²) in [5, 5.41) is 0. The minimum atomic E-state index is 0.0234. The van der Waals surface area contributed by atoms with Gasteiger partial charge in [-0.2, -0.15) is 0 Å². The van der Waals surface area contributed by atoms with Crippen molar-refractivity contribution in [3.63, 3.8) is 0 Å². The number of methoxy groups -OCH3 is 1. The molecule has 1 heterocycles. The summed E-state index contributed by atoms with van der Waals surface area (Å²) in [5.41, 5.74) is 7.06. The molecular weight excluding hydrogens is 226 g/mol. The fraction of sp³-hybridized carbons (Fsp3) is 0.643. The van der Waals surface area contributed by atoms with Gasteiger partial charge in [-0.1, -0.05) is 19.9 Å². The van der Waals surface area contributed by atoms with E-state index in [2.05, 4.69) is 36.7 Å². The lowest BCUT2D eigenvalue weighted by Crippen LogP contribution is -2.50. The maximum Gasteiger partial charge on any atom is 0.217 e. The second-order valence-electron chi connectivity index (χ2n) is 4.74. The molecule has 0 fully saturated rings. The molecule has 0 saturated heterocycles.